The first kappa shape index (κ1) is 22.9. The van der Waals surface area contributed by atoms with E-state index in [4.69, 9.17) is 21.6 Å². The molecule has 2 atom stereocenters. The van der Waals surface area contributed by atoms with Crippen LogP contribution in [0, 0.1) is 24.2 Å². The first-order valence-electron chi connectivity index (χ1n) is 12.1. The monoisotopic (exact) mass is 509 g/mol. The number of piperidine rings is 2. The summed E-state index contributed by atoms with van der Waals surface area (Å²) >= 11 is 7.97. The molecule has 3 aliphatic rings. The number of hydrogen-bond acceptors (Lipinski definition) is 7. The van der Waals surface area contributed by atoms with Gasteiger partial charge in [0.1, 0.15) is 16.5 Å². The van der Waals surface area contributed by atoms with E-state index >= 15 is 0 Å². The second-order valence-electron chi connectivity index (χ2n) is 10.5. The van der Waals surface area contributed by atoms with Crippen LogP contribution < -0.4 is 10.6 Å². The third kappa shape index (κ3) is 3.74. The summed E-state index contributed by atoms with van der Waals surface area (Å²) in [4.78, 5) is 37.5. The lowest BCUT2D eigenvalue weighted by Crippen LogP contribution is -2.35. The normalized spacial score (nSPS) is 23.7. The maximum atomic E-state index is 12.8. The minimum atomic E-state index is -0.199. The predicted octanol–water partition coefficient (Wildman–Crippen LogP) is 4.63. The van der Waals surface area contributed by atoms with Crippen LogP contribution in [0.3, 0.4) is 0 Å². The van der Waals surface area contributed by atoms with E-state index in [-0.39, 0.29) is 29.1 Å². The molecule has 182 valence electrons. The fraction of sp³-hybridized carbons (Fsp3) is 0.462. The zero-order chi connectivity index (χ0) is 24.5. The van der Waals surface area contributed by atoms with Crippen LogP contribution in [0.2, 0.25) is 5.15 Å². The molecule has 6 rings (SSSR count). The number of carbonyl (C=O) groups excluding carboxylic acids is 2. The summed E-state index contributed by atoms with van der Waals surface area (Å²) in [5.41, 5.74) is 3.30. The number of anilines is 1. The number of nitrogens with zero attached hydrogens (tertiary/aromatic N) is 3. The fourth-order valence-electron chi connectivity index (χ4n) is 5.74. The third-order valence-electron chi connectivity index (χ3n) is 7.79. The summed E-state index contributed by atoms with van der Waals surface area (Å²) in [6.45, 7) is 8.33. The highest BCUT2D eigenvalue weighted by molar-refractivity contribution is 7.19. The molecular formula is C26H28ClN5O2S. The van der Waals surface area contributed by atoms with Crippen LogP contribution in [0.25, 0.3) is 21.5 Å². The van der Waals surface area contributed by atoms with Gasteiger partial charge in [-0.15, -0.1) is 11.3 Å². The predicted molar refractivity (Wildman–Crippen MR) is 138 cm³/mol. The third-order valence-corrected chi connectivity index (χ3v) is 9.12. The van der Waals surface area contributed by atoms with Gasteiger partial charge in [-0.2, -0.15) is 0 Å². The number of carbonyl (C=O) groups is 2. The number of imide groups is 1. The highest BCUT2D eigenvalue weighted by Crippen LogP contribution is 2.63. The van der Waals surface area contributed by atoms with E-state index in [9.17, 15) is 9.59 Å². The highest BCUT2D eigenvalue weighted by atomic mass is 35.5. The molecule has 0 radical (unpaired) electrons. The Labute approximate surface area is 213 Å². The lowest BCUT2D eigenvalue weighted by Gasteiger charge is -2.26. The van der Waals surface area contributed by atoms with Gasteiger partial charge < -0.3 is 10.6 Å². The van der Waals surface area contributed by atoms with E-state index < -0.39 is 0 Å². The molecule has 3 aromatic heterocycles. The van der Waals surface area contributed by atoms with Crippen molar-refractivity contribution in [3.05, 3.63) is 40.0 Å². The van der Waals surface area contributed by atoms with Crippen molar-refractivity contribution in [2.75, 3.05) is 18.4 Å². The quantitative estimate of drug-likeness (QED) is 0.385. The van der Waals surface area contributed by atoms with Crippen molar-refractivity contribution in [2.24, 2.45) is 17.3 Å². The lowest BCUT2D eigenvalue weighted by atomic mass is 10.0. The second kappa shape index (κ2) is 8.25. The van der Waals surface area contributed by atoms with Gasteiger partial charge in [0.2, 0.25) is 11.8 Å². The molecule has 2 saturated heterocycles. The van der Waals surface area contributed by atoms with E-state index in [1.54, 1.807) is 17.5 Å². The van der Waals surface area contributed by atoms with Gasteiger partial charge in [-0.05, 0) is 67.4 Å². The van der Waals surface area contributed by atoms with Crippen LogP contribution in [-0.2, 0) is 16.1 Å². The van der Waals surface area contributed by atoms with E-state index in [1.165, 1.54) is 4.90 Å². The van der Waals surface area contributed by atoms with Crippen molar-refractivity contribution >= 4 is 50.5 Å². The van der Waals surface area contributed by atoms with Crippen molar-refractivity contribution in [1.82, 2.24) is 20.2 Å². The Kier molecular flexibility index (Phi) is 5.39. The molecule has 7 nitrogen and oxygen atoms in total. The Morgan fingerprint density at radius 2 is 1.89 bits per heavy atom. The van der Waals surface area contributed by atoms with Gasteiger partial charge in [-0.25, -0.2) is 4.98 Å². The highest BCUT2D eigenvalue weighted by Gasteiger charge is 2.72. The van der Waals surface area contributed by atoms with Gasteiger partial charge in [0, 0.05) is 17.1 Å². The summed E-state index contributed by atoms with van der Waals surface area (Å²) in [6, 6.07) is 6.26. The SMILES string of the molecule is Cc1cc(Cl)nc(-c2nccc3cc(CN4C(=O)C5C(C4=O)C5(C)C)sc23)c1NC1CCNCC1. The van der Waals surface area contributed by atoms with Gasteiger partial charge in [0.25, 0.3) is 0 Å². The molecular weight excluding hydrogens is 482 g/mol. The minimum absolute atomic E-state index is 0.0404. The number of fused-ring (bicyclic) bond motifs is 2. The Morgan fingerprint density at radius 1 is 1.17 bits per heavy atom. The smallest absolute Gasteiger partial charge is 0.234 e. The average molecular weight is 510 g/mol. The molecule has 2 N–H and O–H groups in total. The zero-order valence-electron chi connectivity index (χ0n) is 20.0. The van der Waals surface area contributed by atoms with Crippen LogP contribution >= 0.6 is 22.9 Å². The summed E-state index contributed by atoms with van der Waals surface area (Å²) < 4.78 is 0.981. The number of nitrogens with one attached hydrogen (secondary N) is 2. The zero-order valence-corrected chi connectivity index (χ0v) is 21.6. The fourth-order valence-corrected chi connectivity index (χ4v) is 7.12. The maximum Gasteiger partial charge on any atom is 0.234 e. The van der Waals surface area contributed by atoms with Gasteiger partial charge >= 0.3 is 0 Å². The van der Waals surface area contributed by atoms with Crippen LogP contribution in [0.1, 0.15) is 37.1 Å². The molecule has 2 amide bonds. The number of hydrogen-bond donors (Lipinski definition) is 2. The number of aryl methyl sites for hydroxylation is 1. The molecule has 9 heteroatoms. The summed E-state index contributed by atoms with van der Waals surface area (Å²) in [6.07, 6.45) is 3.86. The minimum Gasteiger partial charge on any atom is -0.380 e. The second-order valence-corrected chi connectivity index (χ2v) is 12.0. The average Bonchev–Trinajstić information content (AvgIpc) is 3.07. The largest absolute Gasteiger partial charge is 0.380 e. The number of halogens is 1. The Hall–Kier alpha value is -2.55. The van der Waals surface area contributed by atoms with Crippen molar-refractivity contribution in [2.45, 2.75) is 46.2 Å². The number of aromatic nitrogens is 2. The van der Waals surface area contributed by atoms with E-state index in [2.05, 4.69) is 16.7 Å². The van der Waals surface area contributed by atoms with Crippen LogP contribution in [-0.4, -0.2) is 45.8 Å². The molecule has 0 aromatic carbocycles. The standard InChI is InChI=1S/C26H28ClN5O2S/c1-13-10-17(27)31-21(20(13)30-15-5-7-28-8-6-15)22-23-14(4-9-29-22)11-16(35-23)12-32-24(33)18-19(25(32)34)26(18,2)3/h4,9-11,15,18-19,28,30H,5-8,12H2,1-3H3. The van der Waals surface area contributed by atoms with Gasteiger partial charge in [-0.3, -0.25) is 19.5 Å². The number of pyridine rings is 2. The van der Waals surface area contributed by atoms with Crippen LogP contribution in [0.4, 0.5) is 5.69 Å². The number of rotatable bonds is 5. The first-order chi connectivity index (χ1) is 16.8. The Balaban J connectivity index is 1.35. The maximum absolute atomic E-state index is 12.8. The van der Waals surface area contributed by atoms with Crippen molar-refractivity contribution < 1.29 is 9.59 Å². The van der Waals surface area contributed by atoms with E-state index in [1.807, 2.05) is 32.9 Å². The molecule has 1 saturated carbocycles. The van der Waals surface area contributed by atoms with Gasteiger partial charge in [0.15, 0.2) is 0 Å². The van der Waals surface area contributed by atoms with Gasteiger partial charge in [0.05, 0.1) is 28.8 Å². The van der Waals surface area contributed by atoms with Crippen molar-refractivity contribution in [3.8, 4) is 11.4 Å². The first-order valence-corrected chi connectivity index (χ1v) is 13.3. The van der Waals surface area contributed by atoms with Crippen LogP contribution in [0.15, 0.2) is 24.4 Å². The van der Waals surface area contributed by atoms with Crippen molar-refractivity contribution in [1.29, 1.82) is 0 Å². The number of likely N-dealkylation sites (tertiary alicyclic amines) is 1. The van der Waals surface area contributed by atoms with E-state index in [0.29, 0.717) is 17.7 Å². The molecule has 0 bridgehead atoms. The number of amides is 2. The Morgan fingerprint density at radius 3 is 2.60 bits per heavy atom. The van der Waals surface area contributed by atoms with Crippen LogP contribution in [0.5, 0.6) is 0 Å². The number of thiophene rings is 1. The molecule has 2 unspecified atom stereocenters. The summed E-state index contributed by atoms with van der Waals surface area (Å²) in [5, 5.41) is 8.56. The molecule has 5 heterocycles. The van der Waals surface area contributed by atoms with E-state index in [0.717, 1.165) is 63.5 Å². The molecule has 35 heavy (non-hydrogen) atoms. The Bertz CT molecular complexity index is 1340. The van der Waals surface area contributed by atoms with Crippen molar-refractivity contribution in [3.63, 3.8) is 0 Å². The van der Waals surface area contributed by atoms with Gasteiger partial charge in [-0.1, -0.05) is 25.4 Å². The summed E-state index contributed by atoms with van der Waals surface area (Å²) in [7, 11) is 0. The molecule has 2 aliphatic heterocycles. The molecule has 3 aromatic rings. The lowest BCUT2D eigenvalue weighted by molar-refractivity contribution is -0.143. The summed E-state index contributed by atoms with van der Waals surface area (Å²) in [5.74, 6) is -0.407. The topological polar surface area (TPSA) is 87.2 Å². The molecule has 0 spiro atoms. The molecule has 1 aliphatic carbocycles. The molecule has 3 fully saturated rings.